The number of hydroxylamine groups is 1. The van der Waals surface area contributed by atoms with Crippen molar-refractivity contribution in [3.05, 3.63) is 35.9 Å². The number of carbonyl (C=O) groups excluding carboxylic acids is 2. The van der Waals surface area contributed by atoms with Crippen LogP contribution in [0.2, 0.25) is 0 Å². The number of anilines is 1. The van der Waals surface area contributed by atoms with Gasteiger partial charge in [-0.05, 0) is 49.3 Å². The Balaban J connectivity index is 1.49. The highest BCUT2D eigenvalue weighted by atomic mass is 32.2. The van der Waals surface area contributed by atoms with Crippen LogP contribution in [-0.4, -0.2) is 56.1 Å². The number of rotatable bonds is 6. The number of nitrogens with zero attached hydrogens (tertiary/aromatic N) is 1. The quantitative estimate of drug-likeness (QED) is 0.354. The second-order valence-electron chi connectivity index (χ2n) is 8.00. The van der Waals surface area contributed by atoms with Crippen LogP contribution < -0.4 is 15.7 Å². The summed E-state index contributed by atoms with van der Waals surface area (Å²) in [5, 5.41) is 11.7. The molecule has 30 heavy (non-hydrogen) atoms. The summed E-state index contributed by atoms with van der Waals surface area (Å²) in [6, 6.07) is 7.85. The molecular formula is C21H29N3O5S. The van der Waals surface area contributed by atoms with Gasteiger partial charge in [-0.3, -0.25) is 14.8 Å². The molecule has 3 rings (SSSR count). The third-order valence-corrected chi connectivity index (χ3v) is 7.53. The summed E-state index contributed by atoms with van der Waals surface area (Å²) < 4.78 is 23.0. The molecule has 2 fully saturated rings. The largest absolute Gasteiger partial charge is 0.371 e. The number of sulfone groups is 1. The second-order valence-corrected chi connectivity index (χ2v) is 10.3. The number of benzene rings is 1. The Morgan fingerprint density at radius 2 is 1.77 bits per heavy atom. The highest BCUT2D eigenvalue weighted by Gasteiger charge is 2.27. The SMILES string of the molecule is O=C(C=Cc1ccccc1N1CCC(NC(=O)CC2CCS(=O)(=O)CC2)CC1)NO. The Kier molecular flexibility index (Phi) is 7.49. The molecule has 0 radical (unpaired) electrons. The van der Waals surface area contributed by atoms with Gasteiger partial charge in [0.2, 0.25) is 5.91 Å². The van der Waals surface area contributed by atoms with Crippen LogP contribution in [0.15, 0.2) is 30.3 Å². The standard InChI is InChI=1S/C21H29N3O5S/c25-20(23-27)6-5-17-3-1-2-4-19(17)24-11-7-18(8-12-24)22-21(26)15-16-9-13-30(28,29)14-10-16/h1-6,16,18,27H,7-15H2,(H,22,26)(H,23,25). The van der Waals surface area contributed by atoms with E-state index in [0.29, 0.717) is 19.3 Å². The van der Waals surface area contributed by atoms with Gasteiger partial charge in [-0.25, -0.2) is 13.9 Å². The van der Waals surface area contributed by atoms with E-state index in [0.717, 1.165) is 37.2 Å². The maximum Gasteiger partial charge on any atom is 0.267 e. The number of piperidine rings is 1. The van der Waals surface area contributed by atoms with Crippen molar-refractivity contribution in [2.45, 2.75) is 38.1 Å². The zero-order valence-corrected chi connectivity index (χ0v) is 17.7. The summed E-state index contributed by atoms with van der Waals surface area (Å²) >= 11 is 0. The van der Waals surface area contributed by atoms with Crippen molar-refractivity contribution in [1.29, 1.82) is 0 Å². The summed E-state index contributed by atoms with van der Waals surface area (Å²) in [6.45, 7) is 1.56. The predicted molar refractivity (Wildman–Crippen MR) is 115 cm³/mol. The fourth-order valence-electron chi connectivity index (χ4n) is 4.08. The van der Waals surface area contributed by atoms with E-state index in [2.05, 4.69) is 10.2 Å². The first-order valence-corrected chi connectivity index (χ1v) is 12.1. The lowest BCUT2D eigenvalue weighted by molar-refractivity contribution is -0.124. The van der Waals surface area contributed by atoms with Crippen LogP contribution in [0.5, 0.6) is 0 Å². The van der Waals surface area contributed by atoms with E-state index in [9.17, 15) is 18.0 Å². The molecule has 2 aliphatic rings. The average Bonchev–Trinajstić information content (AvgIpc) is 2.74. The van der Waals surface area contributed by atoms with E-state index in [1.54, 1.807) is 11.6 Å². The topological polar surface area (TPSA) is 116 Å². The minimum atomic E-state index is -2.90. The Labute approximate surface area is 177 Å². The van der Waals surface area contributed by atoms with Crippen LogP contribution in [0.3, 0.4) is 0 Å². The molecule has 0 aromatic heterocycles. The fourth-order valence-corrected chi connectivity index (χ4v) is 5.66. The highest BCUT2D eigenvalue weighted by Crippen LogP contribution is 2.26. The minimum absolute atomic E-state index is 0.0103. The Morgan fingerprint density at radius 1 is 1.10 bits per heavy atom. The van der Waals surface area contributed by atoms with E-state index in [1.807, 2.05) is 24.3 Å². The Hall–Kier alpha value is -2.39. The van der Waals surface area contributed by atoms with Crippen LogP contribution in [0.1, 0.15) is 37.7 Å². The predicted octanol–water partition coefficient (Wildman–Crippen LogP) is 1.51. The molecule has 1 aromatic carbocycles. The second kappa shape index (κ2) is 10.1. The number of amides is 2. The zero-order valence-electron chi connectivity index (χ0n) is 16.9. The Morgan fingerprint density at radius 3 is 2.43 bits per heavy atom. The normalized spacial score (nSPS) is 20.2. The molecule has 2 aliphatic heterocycles. The highest BCUT2D eigenvalue weighted by molar-refractivity contribution is 7.91. The molecular weight excluding hydrogens is 406 g/mol. The molecule has 2 heterocycles. The van der Waals surface area contributed by atoms with Gasteiger partial charge in [-0.15, -0.1) is 0 Å². The van der Waals surface area contributed by atoms with E-state index in [-0.39, 0.29) is 29.4 Å². The fraction of sp³-hybridized carbons (Fsp3) is 0.524. The van der Waals surface area contributed by atoms with Crippen LogP contribution in [0, 0.1) is 5.92 Å². The zero-order chi connectivity index (χ0) is 21.6. The summed E-state index contributed by atoms with van der Waals surface area (Å²) in [5.74, 6) is -0.0322. The van der Waals surface area contributed by atoms with E-state index in [1.165, 1.54) is 6.08 Å². The van der Waals surface area contributed by atoms with Crippen molar-refractivity contribution in [1.82, 2.24) is 10.8 Å². The van der Waals surface area contributed by atoms with Crippen molar-refractivity contribution < 1.29 is 23.2 Å². The monoisotopic (exact) mass is 435 g/mol. The smallest absolute Gasteiger partial charge is 0.267 e. The van der Waals surface area contributed by atoms with Gasteiger partial charge >= 0.3 is 0 Å². The first kappa shape index (κ1) is 22.3. The van der Waals surface area contributed by atoms with Gasteiger partial charge in [0.05, 0.1) is 11.5 Å². The third-order valence-electron chi connectivity index (χ3n) is 5.81. The van der Waals surface area contributed by atoms with Crippen molar-refractivity contribution in [2.24, 2.45) is 5.92 Å². The molecule has 3 N–H and O–H groups in total. The number of hydrogen-bond acceptors (Lipinski definition) is 6. The summed E-state index contributed by atoms with van der Waals surface area (Å²) in [5.41, 5.74) is 3.47. The molecule has 2 saturated heterocycles. The number of nitrogens with one attached hydrogen (secondary N) is 2. The van der Waals surface area contributed by atoms with Gasteiger partial charge < -0.3 is 10.2 Å². The third kappa shape index (κ3) is 6.30. The maximum atomic E-state index is 12.4. The molecule has 9 heteroatoms. The van der Waals surface area contributed by atoms with Gasteiger partial charge in [0.25, 0.3) is 5.91 Å². The first-order chi connectivity index (χ1) is 14.4. The summed E-state index contributed by atoms with van der Waals surface area (Å²) in [7, 11) is -2.90. The van der Waals surface area contributed by atoms with E-state index >= 15 is 0 Å². The van der Waals surface area contributed by atoms with Crippen LogP contribution in [0.25, 0.3) is 6.08 Å². The molecule has 0 atom stereocenters. The number of carbonyl (C=O) groups is 2. The Bertz CT molecular complexity index is 878. The molecule has 0 bridgehead atoms. The van der Waals surface area contributed by atoms with Crippen molar-refractivity contribution in [3.8, 4) is 0 Å². The number of para-hydroxylation sites is 1. The summed E-state index contributed by atoms with van der Waals surface area (Å²) in [4.78, 5) is 25.9. The van der Waals surface area contributed by atoms with Crippen molar-refractivity contribution in [2.75, 3.05) is 29.5 Å². The van der Waals surface area contributed by atoms with Crippen LogP contribution >= 0.6 is 0 Å². The van der Waals surface area contributed by atoms with Crippen molar-refractivity contribution >= 4 is 33.4 Å². The molecule has 0 unspecified atom stereocenters. The van der Waals surface area contributed by atoms with Crippen molar-refractivity contribution in [3.63, 3.8) is 0 Å². The average molecular weight is 436 g/mol. The summed E-state index contributed by atoms with van der Waals surface area (Å²) in [6.07, 6.45) is 6.14. The van der Waals surface area contributed by atoms with Gasteiger partial charge in [0, 0.05) is 37.3 Å². The van der Waals surface area contributed by atoms with Crippen LogP contribution in [-0.2, 0) is 19.4 Å². The molecule has 0 spiro atoms. The first-order valence-electron chi connectivity index (χ1n) is 10.3. The number of hydrogen-bond donors (Lipinski definition) is 3. The molecule has 2 amide bonds. The maximum absolute atomic E-state index is 12.4. The van der Waals surface area contributed by atoms with Gasteiger partial charge in [0.1, 0.15) is 9.84 Å². The van der Waals surface area contributed by atoms with Gasteiger partial charge in [0.15, 0.2) is 0 Å². The van der Waals surface area contributed by atoms with Crippen LogP contribution in [0.4, 0.5) is 5.69 Å². The lowest BCUT2D eigenvalue weighted by Crippen LogP contribution is -2.45. The molecule has 0 saturated carbocycles. The molecule has 164 valence electrons. The van der Waals surface area contributed by atoms with Gasteiger partial charge in [-0.1, -0.05) is 18.2 Å². The van der Waals surface area contributed by atoms with E-state index in [4.69, 9.17) is 5.21 Å². The minimum Gasteiger partial charge on any atom is -0.371 e. The lowest BCUT2D eigenvalue weighted by Gasteiger charge is -2.35. The van der Waals surface area contributed by atoms with Gasteiger partial charge in [-0.2, -0.15) is 0 Å². The molecule has 8 nitrogen and oxygen atoms in total. The molecule has 0 aliphatic carbocycles. The van der Waals surface area contributed by atoms with E-state index < -0.39 is 15.7 Å². The molecule has 1 aromatic rings. The lowest BCUT2D eigenvalue weighted by atomic mass is 9.97.